The Labute approximate surface area is 198 Å². The minimum absolute atomic E-state index is 0.125. The second-order valence-electron chi connectivity index (χ2n) is 7.77. The van der Waals surface area contributed by atoms with E-state index in [2.05, 4.69) is 15.5 Å². The van der Waals surface area contributed by atoms with E-state index in [4.69, 9.17) is 9.47 Å². The SMILES string of the molecule is COc1ccc(CCNC2CC(=O)N(c3ccc(N=Nc4ccccc4)cc3)C2=O)cc1OC. The number of methoxy groups -OCH3 is 2. The van der Waals surface area contributed by atoms with Gasteiger partial charge in [0.05, 0.1) is 43.7 Å². The van der Waals surface area contributed by atoms with Gasteiger partial charge in [-0.3, -0.25) is 9.59 Å². The van der Waals surface area contributed by atoms with Crippen molar-refractivity contribution in [3.8, 4) is 11.5 Å². The Kier molecular flexibility index (Phi) is 7.29. The van der Waals surface area contributed by atoms with Crippen molar-refractivity contribution in [2.24, 2.45) is 10.2 Å². The fraction of sp³-hybridized carbons (Fsp3) is 0.231. The number of hydrogen-bond donors (Lipinski definition) is 1. The first-order valence-electron chi connectivity index (χ1n) is 11.0. The molecular weight excluding hydrogens is 432 g/mol. The monoisotopic (exact) mass is 458 g/mol. The van der Waals surface area contributed by atoms with E-state index in [1.807, 2.05) is 48.5 Å². The molecule has 0 bridgehead atoms. The molecule has 1 aliphatic heterocycles. The zero-order valence-electron chi connectivity index (χ0n) is 19.1. The van der Waals surface area contributed by atoms with Crippen LogP contribution in [-0.2, 0) is 16.0 Å². The minimum atomic E-state index is -0.551. The zero-order chi connectivity index (χ0) is 23.9. The van der Waals surface area contributed by atoms with Gasteiger partial charge in [0, 0.05) is 0 Å². The van der Waals surface area contributed by atoms with Gasteiger partial charge >= 0.3 is 0 Å². The van der Waals surface area contributed by atoms with E-state index in [9.17, 15) is 9.59 Å². The molecule has 4 rings (SSSR count). The van der Waals surface area contributed by atoms with Crippen molar-refractivity contribution < 1.29 is 19.1 Å². The fourth-order valence-corrected chi connectivity index (χ4v) is 3.77. The number of anilines is 1. The van der Waals surface area contributed by atoms with Crippen LogP contribution in [0.2, 0.25) is 0 Å². The fourth-order valence-electron chi connectivity index (χ4n) is 3.77. The molecule has 0 aromatic heterocycles. The van der Waals surface area contributed by atoms with Gasteiger partial charge in [-0.05, 0) is 67.1 Å². The van der Waals surface area contributed by atoms with Crippen LogP contribution in [0, 0.1) is 0 Å². The Bertz CT molecular complexity index is 1180. The van der Waals surface area contributed by atoms with Gasteiger partial charge < -0.3 is 14.8 Å². The van der Waals surface area contributed by atoms with Crippen LogP contribution in [0.5, 0.6) is 11.5 Å². The van der Waals surface area contributed by atoms with Crippen LogP contribution in [0.4, 0.5) is 17.1 Å². The third kappa shape index (κ3) is 5.29. The lowest BCUT2D eigenvalue weighted by Crippen LogP contribution is -2.39. The molecule has 0 spiro atoms. The molecule has 2 amide bonds. The highest BCUT2D eigenvalue weighted by Crippen LogP contribution is 2.28. The largest absolute Gasteiger partial charge is 0.493 e. The first-order chi connectivity index (χ1) is 16.6. The summed E-state index contributed by atoms with van der Waals surface area (Å²) in [5, 5.41) is 11.6. The van der Waals surface area contributed by atoms with Crippen LogP contribution in [0.3, 0.4) is 0 Å². The van der Waals surface area contributed by atoms with Gasteiger partial charge in [0.1, 0.15) is 0 Å². The van der Waals surface area contributed by atoms with E-state index in [0.29, 0.717) is 35.8 Å². The molecule has 3 aromatic rings. The smallest absolute Gasteiger partial charge is 0.251 e. The number of azo groups is 1. The van der Waals surface area contributed by atoms with Crippen LogP contribution < -0.4 is 19.7 Å². The molecule has 3 aromatic carbocycles. The number of imide groups is 1. The number of benzene rings is 3. The highest BCUT2D eigenvalue weighted by Gasteiger charge is 2.39. The standard InChI is InChI=1S/C26H26N4O4/c1-33-23-13-8-18(16-24(23)34-2)14-15-27-22-17-25(31)30(26(22)32)21-11-9-20(10-12-21)29-28-19-6-4-3-5-7-19/h3-13,16,22,27H,14-15,17H2,1-2H3. The Balaban J connectivity index is 1.35. The second kappa shape index (κ2) is 10.7. The quantitative estimate of drug-likeness (QED) is 0.374. The van der Waals surface area contributed by atoms with Crippen molar-refractivity contribution in [2.45, 2.75) is 18.9 Å². The molecule has 1 heterocycles. The van der Waals surface area contributed by atoms with E-state index >= 15 is 0 Å². The molecule has 1 saturated heterocycles. The van der Waals surface area contributed by atoms with E-state index in [-0.39, 0.29) is 18.2 Å². The maximum absolute atomic E-state index is 12.9. The van der Waals surface area contributed by atoms with Crippen molar-refractivity contribution in [1.82, 2.24) is 5.32 Å². The molecule has 8 nitrogen and oxygen atoms in total. The summed E-state index contributed by atoms with van der Waals surface area (Å²) in [6, 6.07) is 21.5. The van der Waals surface area contributed by atoms with Crippen LogP contribution in [0.1, 0.15) is 12.0 Å². The Morgan fingerprint density at radius 1 is 0.882 bits per heavy atom. The summed E-state index contributed by atoms with van der Waals surface area (Å²) < 4.78 is 10.6. The molecule has 1 atom stereocenters. The molecule has 0 aliphatic carbocycles. The zero-order valence-corrected chi connectivity index (χ0v) is 19.1. The Morgan fingerprint density at radius 2 is 1.56 bits per heavy atom. The summed E-state index contributed by atoms with van der Waals surface area (Å²) in [5.74, 6) is 0.840. The number of amides is 2. The molecule has 0 radical (unpaired) electrons. The average Bonchev–Trinajstić information content (AvgIpc) is 3.16. The molecule has 1 N–H and O–H groups in total. The van der Waals surface area contributed by atoms with Gasteiger partial charge in [-0.25, -0.2) is 4.90 Å². The summed E-state index contributed by atoms with van der Waals surface area (Å²) in [6.07, 6.45) is 0.805. The van der Waals surface area contributed by atoms with Gasteiger partial charge in [0.25, 0.3) is 5.91 Å². The lowest BCUT2D eigenvalue weighted by molar-refractivity contribution is -0.121. The molecule has 1 fully saturated rings. The summed E-state index contributed by atoms with van der Waals surface area (Å²) in [7, 11) is 3.19. The second-order valence-corrected chi connectivity index (χ2v) is 7.77. The van der Waals surface area contributed by atoms with E-state index in [0.717, 1.165) is 11.3 Å². The summed E-state index contributed by atoms with van der Waals surface area (Å²) in [6.45, 7) is 0.547. The molecule has 174 valence electrons. The van der Waals surface area contributed by atoms with Crippen LogP contribution >= 0.6 is 0 Å². The number of ether oxygens (including phenoxy) is 2. The first kappa shape index (κ1) is 23.1. The number of nitrogens with one attached hydrogen (secondary N) is 1. The van der Waals surface area contributed by atoms with Crippen LogP contribution in [0.25, 0.3) is 0 Å². The molecule has 8 heteroatoms. The highest BCUT2D eigenvalue weighted by atomic mass is 16.5. The lowest BCUT2D eigenvalue weighted by atomic mass is 10.1. The number of rotatable bonds is 9. The van der Waals surface area contributed by atoms with Crippen LogP contribution in [0.15, 0.2) is 83.0 Å². The predicted molar refractivity (Wildman–Crippen MR) is 129 cm³/mol. The number of carbonyl (C=O) groups is 2. The number of nitrogens with zero attached hydrogens (tertiary/aromatic N) is 3. The molecule has 1 aliphatic rings. The van der Waals surface area contributed by atoms with Gasteiger partial charge in [-0.15, -0.1) is 0 Å². The van der Waals surface area contributed by atoms with E-state index in [1.54, 1.807) is 38.5 Å². The van der Waals surface area contributed by atoms with Crippen LogP contribution in [-0.4, -0.2) is 38.6 Å². The number of carbonyl (C=O) groups excluding carboxylic acids is 2. The lowest BCUT2D eigenvalue weighted by Gasteiger charge is -2.16. The van der Waals surface area contributed by atoms with Gasteiger partial charge in [0.2, 0.25) is 5.91 Å². The van der Waals surface area contributed by atoms with E-state index < -0.39 is 6.04 Å². The van der Waals surface area contributed by atoms with Gasteiger partial charge in [0.15, 0.2) is 11.5 Å². The normalized spacial score (nSPS) is 15.8. The molecule has 0 saturated carbocycles. The highest BCUT2D eigenvalue weighted by molar-refractivity contribution is 6.22. The maximum atomic E-state index is 12.9. The summed E-state index contributed by atoms with van der Waals surface area (Å²) in [4.78, 5) is 26.7. The van der Waals surface area contributed by atoms with Crippen molar-refractivity contribution in [3.05, 3.63) is 78.4 Å². The Hall–Kier alpha value is -4.04. The molecular formula is C26H26N4O4. The summed E-state index contributed by atoms with van der Waals surface area (Å²) >= 11 is 0. The van der Waals surface area contributed by atoms with E-state index in [1.165, 1.54) is 4.90 Å². The van der Waals surface area contributed by atoms with Crippen molar-refractivity contribution in [3.63, 3.8) is 0 Å². The number of hydrogen-bond acceptors (Lipinski definition) is 7. The maximum Gasteiger partial charge on any atom is 0.251 e. The van der Waals surface area contributed by atoms with Crippen molar-refractivity contribution in [1.29, 1.82) is 0 Å². The Morgan fingerprint density at radius 3 is 2.24 bits per heavy atom. The van der Waals surface area contributed by atoms with Crippen molar-refractivity contribution in [2.75, 3.05) is 25.7 Å². The predicted octanol–water partition coefficient (Wildman–Crippen LogP) is 4.58. The van der Waals surface area contributed by atoms with Gasteiger partial charge in [-0.2, -0.15) is 10.2 Å². The average molecular weight is 459 g/mol. The molecule has 1 unspecified atom stereocenters. The van der Waals surface area contributed by atoms with Crippen molar-refractivity contribution >= 4 is 28.9 Å². The molecule has 34 heavy (non-hydrogen) atoms. The minimum Gasteiger partial charge on any atom is -0.493 e. The third-order valence-electron chi connectivity index (χ3n) is 5.54. The van der Waals surface area contributed by atoms with Gasteiger partial charge in [-0.1, -0.05) is 24.3 Å². The first-order valence-corrected chi connectivity index (χ1v) is 11.0. The summed E-state index contributed by atoms with van der Waals surface area (Å²) in [5.41, 5.74) is 2.95. The topological polar surface area (TPSA) is 92.6 Å². The third-order valence-corrected chi connectivity index (χ3v) is 5.54.